The second-order valence-corrected chi connectivity index (χ2v) is 6.42. The van der Waals surface area contributed by atoms with E-state index in [1.54, 1.807) is 23.0 Å². The predicted octanol–water partition coefficient (Wildman–Crippen LogP) is 3.67. The Morgan fingerprint density at radius 3 is 2.68 bits per heavy atom. The van der Waals surface area contributed by atoms with Crippen molar-refractivity contribution in [1.29, 1.82) is 0 Å². The molecule has 0 spiro atoms. The molecule has 0 aliphatic rings. The first kappa shape index (κ1) is 17.6. The highest BCUT2D eigenvalue weighted by molar-refractivity contribution is 6.04. The number of aromatic nitrogens is 5. The largest absolute Gasteiger partial charge is 0.303 e. The lowest BCUT2D eigenvalue weighted by Gasteiger charge is -2.05. The van der Waals surface area contributed by atoms with Crippen LogP contribution < -0.4 is 5.32 Å². The van der Waals surface area contributed by atoms with Gasteiger partial charge in [-0.1, -0.05) is 29.5 Å². The first-order chi connectivity index (χ1) is 13.5. The Morgan fingerprint density at radius 1 is 1.14 bits per heavy atom. The van der Waals surface area contributed by atoms with E-state index >= 15 is 0 Å². The molecule has 2 N–H and O–H groups in total. The average Bonchev–Trinajstić information content (AvgIpc) is 3.30. The third-order valence-electron chi connectivity index (χ3n) is 4.30. The van der Waals surface area contributed by atoms with Gasteiger partial charge in [0.1, 0.15) is 5.82 Å². The topological polar surface area (TPSA) is 88.5 Å². The van der Waals surface area contributed by atoms with Gasteiger partial charge in [-0.15, -0.1) is 5.10 Å². The molecule has 0 bridgehead atoms. The van der Waals surface area contributed by atoms with Crippen LogP contribution in [0.25, 0.3) is 16.8 Å². The van der Waals surface area contributed by atoms with Gasteiger partial charge in [-0.2, -0.15) is 5.10 Å². The molecule has 140 valence electrons. The number of nitrogens with one attached hydrogen (secondary N) is 2. The molecular weight excluding hydrogens is 359 g/mol. The molecule has 0 aliphatic carbocycles. The molecule has 2 aromatic carbocycles. The zero-order valence-electron chi connectivity index (χ0n) is 15.3. The van der Waals surface area contributed by atoms with E-state index < -0.39 is 5.91 Å². The normalized spacial score (nSPS) is 10.8. The van der Waals surface area contributed by atoms with Gasteiger partial charge in [0.05, 0.1) is 11.9 Å². The molecule has 2 heterocycles. The van der Waals surface area contributed by atoms with E-state index in [9.17, 15) is 9.18 Å². The Bertz CT molecular complexity index is 1150. The lowest BCUT2D eigenvalue weighted by Crippen LogP contribution is -2.13. The number of nitrogens with zero attached hydrogens (tertiary/aromatic N) is 4. The van der Waals surface area contributed by atoms with Gasteiger partial charge in [0.2, 0.25) is 0 Å². The minimum atomic E-state index is -0.436. The molecule has 0 radical (unpaired) electrons. The second-order valence-electron chi connectivity index (χ2n) is 6.42. The molecule has 8 heteroatoms. The van der Waals surface area contributed by atoms with E-state index in [4.69, 9.17) is 0 Å². The third-order valence-corrected chi connectivity index (χ3v) is 4.30. The van der Waals surface area contributed by atoms with E-state index in [1.165, 1.54) is 12.1 Å². The SMILES string of the molecule is Cc1cccc(-n2cc(C(=O)Nc3n[nH]c(C)c3-c3ccc(F)cc3)nn2)c1. The Labute approximate surface area is 160 Å². The number of amides is 1. The lowest BCUT2D eigenvalue weighted by atomic mass is 10.1. The van der Waals surface area contributed by atoms with Gasteiger partial charge in [-0.3, -0.25) is 9.89 Å². The van der Waals surface area contributed by atoms with Gasteiger partial charge >= 0.3 is 0 Å². The summed E-state index contributed by atoms with van der Waals surface area (Å²) in [6.07, 6.45) is 1.56. The Hall–Kier alpha value is -3.81. The summed E-state index contributed by atoms with van der Waals surface area (Å²) >= 11 is 0. The van der Waals surface area contributed by atoms with Crippen LogP contribution in [0.2, 0.25) is 0 Å². The highest BCUT2D eigenvalue weighted by atomic mass is 19.1. The summed E-state index contributed by atoms with van der Waals surface area (Å²) in [5.41, 5.74) is 4.24. The van der Waals surface area contributed by atoms with Gasteiger partial charge in [0.25, 0.3) is 5.91 Å². The number of hydrogen-bond donors (Lipinski definition) is 2. The number of H-pyrrole nitrogens is 1. The number of halogens is 1. The van der Waals surface area contributed by atoms with E-state index in [-0.39, 0.29) is 11.5 Å². The number of hydrogen-bond acceptors (Lipinski definition) is 4. The zero-order chi connectivity index (χ0) is 19.7. The number of carbonyl (C=O) groups excluding carboxylic acids is 1. The minimum Gasteiger partial charge on any atom is -0.303 e. The molecule has 7 nitrogen and oxygen atoms in total. The number of rotatable bonds is 4. The monoisotopic (exact) mass is 376 g/mol. The second kappa shape index (κ2) is 7.07. The van der Waals surface area contributed by atoms with Crippen LogP contribution in [-0.2, 0) is 0 Å². The first-order valence-electron chi connectivity index (χ1n) is 8.63. The van der Waals surface area contributed by atoms with Crippen molar-refractivity contribution in [2.24, 2.45) is 0 Å². The van der Waals surface area contributed by atoms with E-state index in [1.807, 2.05) is 38.1 Å². The quantitative estimate of drug-likeness (QED) is 0.569. The molecule has 2 aromatic heterocycles. The molecule has 0 unspecified atom stereocenters. The van der Waals surface area contributed by atoms with Crippen LogP contribution in [0.4, 0.5) is 10.2 Å². The van der Waals surface area contributed by atoms with Crippen molar-refractivity contribution < 1.29 is 9.18 Å². The van der Waals surface area contributed by atoms with E-state index in [0.29, 0.717) is 11.4 Å². The maximum Gasteiger partial charge on any atom is 0.279 e. The van der Waals surface area contributed by atoms with Gasteiger partial charge in [0, 0.05) is 11.3 Å². The van der Waals surface area contributed by atoms with E-state index in [2.05, 4.69) is 25.8 Å². The summed E-state index contributed by atoms with van der Waals surface area (Å²) in [4.78, 5) is 12.6. The molecule has 4 aromatic rings. The molecule has 1 amide bonds. The van der Waals surface area contributed by atoms with Crippen molar-refractivity contribution in [1.82, 2.24) is 25.2 Å². The molecule has 0 fully saturated rings. The minimum absolute atomic E-state index is 0.159. The highest BCUT2D eigenvalue weighted by Crippen LogP contribution is 2.29. The average molecular weight is 376 g/mol. The zero-order valence-corrected chi connectivity index (χ0v) is 15.3. The first-order valence-corrected chi connectivity index (χ1v) is 8.63. The highest BCUT2D eigenvalue weighted by Gasteiger charge is 2.18. The van der Waals surface area contributed by atoms with Crippen molar-refractivity contribution in [3.05, 3.63) is 77.5 Å². The summed E-state index contributed by atoms with van der Waals surface area (Å²) in [5.74, 6) is -0.420. The summed E-state index contributed by atoms with van der Waals surface area (Å²) in [6.45, 7) is 3.81. The van der Waals surface area contributed by atoms with Crippen molar-refractivity contribution in [3.63, 3.8) is 0 Å². The molecular formula is C20H17FN6O. The lowest BCUT2D eigenvalue weighted by molar-refractivity contribution is 0.102. The number of benzene rings is 2. The van der Waals surface area contributed by atoms with Gasteiger partial charge in [-0.05, 0) is 49.2 Å². The summed E-state index contributed by atoms with van der Waals surface area (Å²) in [5, 5.41) is 17.7. The third kappa shape index (κ3) is 3.39. The Balaban J connectivity index is 1.59. The van der Waals surface area contributed by atoms with Gasteiger partial charge in [0.15, 0.2) is 11.5 Å². The van der Waals surface area contributed by atoms with Gasteiger partial charge in [-0.25, -0.2) is 9.07 Å². The summed E-state index contributed by atoms with van der Waals surface area (Å²) < 4.78 is 14.8. The van der Waals surface area contributed by atoms with Crippen LogP contribution in [0.3, 0.4) is 0 Å². The number of aryl methyl sites for hydroxylation is 2. The fraction of sp³-hybridized carbons (Fsp3) is 0.100. The summed E-state index contributed by atoms with van der Waals surface area (Å²) in [7, 11) is 0. The molecule has 0 saturated carbocycles. The van der Waals surface area contributed by atoms with Crippen LogP contribution in [0.15, 0.2) is 54.7 Å². The van der Waals surface area contributed by atoms with Crippen LogP contribution in [0, 0.1) is 19.7 Å². The van der Waals surface area contributed by atoms with Crippen molar-refractivity contribution in [2.75, 3.05) is 5.32 Å². The molecule has 4 rings (SSSR count). The maximum absolute atomic E-state index is 13.2. The Morgan fingerprint density at radius 2 is 1.93 bits per heavy atom. The summed E-state index contributed by atoms with van der Waals surface area (Å²) in [6, 6.07) is 13.7. The van der Waals surface area contributed by atoms with Crippen LogP contribution in [0.5, 0.6) is 0 Å². The maximum atomic E-state index is 13.2. The van der Waals surface area contributed by atoms with Crippen LogP contribution >= 0.6 is 0 Å². The van der Waals surface area contributed by atoms with E-state index in [0.717, 1.165) is 22.5 Å². The fourth-order valence-electron chi connectivity index (χ4n) is 2.93. The van der Waals surface area contributed by atoms with Gasteiger partial charge < -0.3 is 5.32 Å². The van der Waals surface area contributed by atoms with Crippen LogP contribution in [-0.4, -0.2) is 31.1 Å². The number of anilines is 1. The standard InChI is InChI=1S/C20H17FN6O/c1-12-4-3-5-16(10-12)27-11-17(24-26-27)20(28)22-19-18(13(2)23-25-19)14-6-8-15(21)9-7-14/h3-11H,1-2H3,(H2,22,23,25,28). The number of carbonyl (C=O) groups is 1. The molecule has 28 heavy (non-hydrogen) atoms. The van der Waals surface area contributed by atoms with Crippen molar-refractivity contribution >= 4 is 11.7 Å². The van der Waals surface area contributed by atoms with Crippen LogP contribution in [0.1, 0.15) is 21.7 Å². The fourth-order valence-corrected chi connectivity index (χ4v) is 2.93. The molecule has 0 aliphatic heterocycles. The smallest absolute Gasteiger partial charge is 0.279 e. The predicted molar refractivity (Wildman–Crippen MR) is 103 cm³/mol. The Kier molecular flexibility index (Phi) is 4.44. The van der Waals surface area contributed by atoms with Crippen molar-refractivity contribution in [3.8, 4) is 16.8 Å². The number of aromatic amines is 1. The molecule has 0 saturated heterocycles. The molecule has 0 atom stereocenters. The van der Waals surface area contributed by atoms with Crippen molar-refractivity contribution in [2.45, 2.75) is 13.8 Å².